The zero-order valence-electron chi connectivity index (χ0n) is 12.7. The van der Waals surface area contributed by atoms with E-state index in [1.54, 1.807) is 0 Å². The third-order valence-corrected chi connectivity index (χ3v) is 4.25. The van der Waals surface area contributed by atoms with Crippen molar-refractivity contribution in [2.75, 3.05) is 0 Å². The third kappa shape index (κ3) is 3.89. The van der Waals surface area contributed by atoms with E-state index in [4.69, 9.17) is 0 Å². The van der Waals surface area contributed by atoms with Crippen LogP contribution in [0.2, 0.25) is 0 Å². The van der Waals surface area contributed by atoms with Gasteiger partial charge in [0.25, 0.3) is 5.91 Å². The fourth-order valence-electron chi connectivity index (χ4n) is 2.48. The highest BCUT2D eigenvalue weighted by atomic mass is 79.9. The molecule has 0 aromatic heterocycles. The van der Waals surface area contributed by atoms with E-state index >= 15 is 0 Å². The van der Waals surface area contributed by atoms with Crippen LogP contribution in [-0.4, -0.2) is 5.91 Å². The second-order valence-corrected chi connectivity index (χ2v) is 6.29. The van der Waals surface area contributed by atoms with Crippen LogP contribution in [0.4, 0.5) is 4.39 Å². The summed E-state index contributed by atoms with van der Waals surface area (Å²) < 4.78 is 14.0. The van der Waals surface area contributed by atoms with Crippen LogP contribution in [0.1, 0.15) is 27.5 Å². The summed E-state index contributed by atoms with van der Waals surface area (Å²) in [4.78, 5) is 12.5. The van der Waals surface area contributed by atoms with Crippen molar-refractivity contribution < 1.29 is 9.18 Å². The number of rotatable bonds is 4. The van der Waals surface area contributed by atoms with Gasteiger partial charge in [-0.05, 0) is 47.5 Å². The van der Waals surface area contributed by atoms with Crippen LogP contribution in [0.5, 0.6) is 0 Å². The molecule has 0 spiro atoms. The number of benzene rings is 3. The Balaban J connectivity index is 1.91. The van der Waals surface area contributed by atoms with Gasteiger partial charge in [0.15, 0.2) is 0 Å². The van der Waals surface area contributed by atoms with Gasteiger partial charge in [-0.25, -0.2) is 4.39 Å². The fraction of sp³-hybridized carbons (Fsp3) is 0.0500. The molecule has 0 aliphatic rings. The lowest BCUT2D eigenvalue weighted by Gasteiger charge is -2.20. The second kappa shape index (κ2) is 7.41. The molecule has 3 aromatic rings. The first-order valence-corrected chi connectivity index (χ1v) is 8.29. The number of carbonyl (C=O) groups excluding carboxylic acids is 1. The van der Waals surface area contributed by atoms with E-state index in [9.17, 15) is 9.18 Å². The molecular formula is C20H15BrFNO. The highest BCUT2D eigenvalue weighted by molar-refractivity contribution is 9.10. The molecule has 0 saturated heterocycles. The maximum atomic E-state index is 13.0. The van der Waals surface area contributed by atoms with Gasteiger partial charge in [-0.3, -0.25) is 4.79 Å². The summed E-state index contributed by atoms with van der Waals surface area (Å²) in [6.07, 6.45) is 0. The number of halogens is 2. The maximum absolute atomic E-state index is 13.0. The van der Waals surface area contributed by atoms with Crippen molar-refractivity contribution in [3.8, 4) is 0 Å². The van der Waals surface area contributed by atoms with E-state index in [1.165, 1.54) is 24.3 Å². The summed E-state index contributed by atoms with van der Waals surface area (Å²) >= 11 is 3.42. The van der Waals surface area contributed by atoms with E-state index in [0.29, 0.717) is 5.56 Å². The lowest BCUT2D eigenvalue weighted by molar-refractivity contribution is 0.0943. The molecule has 0 heterocycles. The number of hydrogen-bond donors (Lipinski definition) is 1. The van der Waals surface area contributed by atoms with Gasteiger partial charge in [0.2, 0.25) is 0 Å². The number of hydrogen-bond acceptors (Lipinski definition) is 1. The molecule has 3 aromatic carbocycles. The van der Waals surface area contributed by atoms with Crippen LogP contribution >= 0.6 is 15.9 Å². The molecule has 0 radical (unpaired) electrons. The molecule has 0 aliphatic heterocycles. The van der Waals surface area contributed by atoms with Crippen LogP contribution < -0.4 is 5.32 Å². The van der Waals surface area contributed by atoms with Crippen molar-refractivity contribution in [1.82, 2.24) is 5.32 Å². The number of carbonyl (C=O) groups is 1. The van der Waals surface area contributed by atoms with E-state index in [-0.39, 0.29) is 17.8 Å². The van der Waals surface area contributed by atoms with Crippen LogP contribution in [0.25, 0.3) is 0 Å². The Labute approximate surface area is 148 Å². The third-order valence-electron chi connectivity index (χ3n) is 3.72. The Morgan fingerprint density at radius 2 is 1.42 bits per heavy atom. The zero-order chi connectivity index (χ0) is 16.9. The van der Waals surface area contributed by atoms with E-state index < -0.39 is 0 Å². The average Bonchev–Trinajstić information content (AvgIpc) is 2.62. The van der Waals surface area contributed by atoms with Crippen molar-refractivity contribution in [2.24, 2.45) is 0 Å². The standard InChI is InChI=1S/C20H15BrFNO/c21-17-10-6-15(7-11-17)19(14-4-2-1-3-5-14)23-20(24)16-8-12-18(22)13-9-16/h1-13,19H,(H,23,24)/t19-/m1/s1. The van der Waals surface area contributed by atoms with Crippen LogP contribution in [-0.2, 0) is 0 Å². The molecule has 3 rings (SSSR count). The summed E-state index contributed by atoms with van der Waals surface area (Å²) in [6, 6.07) is 22.8. The molecule has 120 valence electrons. The SMILES string of the molecule is O=C(N[C@H](c1ccccc1)c1ccc(Br)cc1)c1ccc(F)cc1. The highest BCUT2D eigenvalue weighted by Gasteiger charge is 2.17. The highest BCUT2D eigenvalue weighted by Crippen LogP contribution is 2.24. The van der Waals surface area contributed by atoms with E-state index in [0.717, 1.165) is 15.6 Å². The topological polar surface area (TPSA) is 29.1 Å². The average molecular weight is 384 g/mol. The van der Waals surface area contributed by atoms with Crippen LogP contribution in [0, 0.1) is 5.82 Å². The summed E-state index contributed by atoms with van der Waals surface area (Å²) in [6.45, 7) is 0. The van der Waals surface area contributed by atoms with Crippen molar-refractivity contribution in [1.29, 1.82) is 0 Å². The van der Waals surface area contributed by atoms with Crippen molar-refractivity contribution in [3.63, 3.8) is 0 Å². The van der Waals surface area contributed by atoms with Gasteiger partial charge in [0.05, 0.1) is 6.04 Å². The largest absolute Gasteiger partial charge is 0.341 e. The molecule has 0 aliphatic carbocycles. The van der Waals surface area contributed by atoms with E-state index in [2.05, 4.69) is 21.2 Å². The normalized spacial score (nSPS) is 11.8. The van der Waals surface area contributed by atoms with Gasteiger partial charge in [-0.2, -0.15) is 0 Å². The Hall–Kier alpha value is -2.46. The molecule has 0 saturated carbocycles. The molecular weight excluding hydrogens is 369 g/mol. The van der Waals surface area contributed by atoms with Crippen LogP contribution in [0.15, 0.2) is 83.3 Å². The minimum absolute atomic E-state index is 0.244. The number of amides is 1. The predicted octanol–water partition coefficient (Wildman–Crippen LogP) is 5.11. The number of nitrogens with one attached hydrogen (secondary N) is 1. The Morgan fingerprint density at radius 3 is 2.04 bits per heavy atom. The molecule has 4 heteroatoms. The van der Waals surface area contributed by atoms with Gasteiger partial charge in [0.1, 0.15) is 5.82 Å². The molecule has 0 unspecified atom stereocenters. The lowest BCUT2D eigenvalue weighted by atomic mass is 9.98. The van der Waals surface area contributed by atoms with Crippen molar-refractivity contribution in [2.45, 2.75) is 6.04 Å². The fourth-order valence-corrected chi connectivity index (χ4v) is 2.74. The first kappa shape index (κ1) is 16.4. The minimum Gasteiger partial charge on any atom is -0.341 e. The first-order valence-electron chi connectivity index (χ1n) is 7.50. The van der Waals surface area contributed by atoms with Gasteiger partial charge in [-0.1, -0.05) is 58.4 Å². The molecule has 24 heavy (non-hydrogen) atoms. The summed E-state index contributed by atoms with van der Waals surface area (Å²) in [7, 11) is 0. The molecule has 0 bridgehead atoms. The van der Waals surface area contributed by atoms with E-state index in [1.807, 2.05) is 54.6 Å². The Morgan fingerprint density at radius 1 is 0.833 bits per heavy atom. The van der Waals surface area contributed by atoms with Gasteiger partial charge in [0, 0.05) is 10.0 Å². The molecule has 0 fully saturated rings. The monoisotopic (exact) mass is 383 g/mol. The smallest absolute Gasteiger partial charge is 0.252 e. The summed E-state index contributed by atoms with van der Waals surface area (Å²) in [5, 5.41) is 3.03. The summed E-state index contributed by atoms with van der Waals surface area (Å²) in [5.41, 5.74) is 2.38. The van der Waals surface area contributed by atoms with Crippen molar-refractivity contribution >= 4 is 21.8 Å². The quantitative estimate of drug-likeness (QED) is 0.666. The second-order valence-electron chi connectivity index (χ2n) is 5.38. The zero-order valence-corrected chi connectivity index (χ0v) is 14.3. The maximum Gasteiger partial charge on any atom is 0.252 e. The van der Waals surface area contributed by atoms with Gasteiger partial charge in [-0.15, -0.1) is 0 Å². The molecule has 1 amide bonds. The first-order chi connectivity index (χ1) is 11.6. The van der Waals surface area contributed by atoms with Gasteiger partial charge >= 0.3 is 0 Å². The predicted molar refractivity (Wildman–Crippen MR) is 96.3 cm³/mol. The minimum atomic E-state index is -0.362. The lowest BCUT2D eigenvalue weighted by Crippen LogP contribution is -2.29. The van der Waals surface area contributed by atoms with Crippen LogP contribution in [0.3, 0.4) is 0 Å². The summed E-state index contributed by atoms with van der Waals surface area (Å²) in [5.74, 6) is -0.606. The molecule has 1 atom stereocenters. The molecule has 1 N–H and O–H groups in total. The van der Waals surface area contributed by atoms with Crippen molar-refractivity contribution in [3.05, 3.63) is 106 Å². The Bertz CT molecular complexity index is 817. The molecule has 2 nitrogen and oxygen atoms in total. The van der Waals surface area contributed by atoms with Gasteiger partial charge < -0.3 is 5.32 Å². The Kier molecular flexibility index (Phi) is 5.06.